The largest absolute Gasteiger partial charge is 0.392 e. The molecule has 0 aliphatic carbocycles. The van der Waals surface area contributed by atoms with Crippen LogP contribution in [-0.2, 0) is 6.61 Å². The van der Waals surface area contributed by atoms with E-state index in [0.717, 1.165) is 22.3 Å². The van der Waals surface area contributed by atoms with Gasteiger partial charge in [-0.05, 0) is 34.9 Å². The molecule has 3 aromatic rings. The van der Waals surface area contributed by atoms with Crippen molar-refractivity contribution in [2.45, 2.75) is 6.61 Å². The van der Waals surface area contributed by atoms with Gasteiger partial charge < -0.3 is 14.4 Å². The lowest BCUT2D eigenvalue weighted by molar-refractivity contribution is 0.0795. The van der Waals surface area contributed by atoms with E-state index >= 15 is 0 Å². The molecule has 5 heteroatoms. The average Bonchev–Trinajstić information content (AvgIpc) is 3.30. The quantitative estimate of drug-likeness (QED) is 0.755. The second-order valence-corrected chi connectivity index (χ2v) is 5.85. The molecule has 0 atom stereocenters. The van der Waals surface area contributed by atoms with Crippen molar-refractivity contribution in [1.82, 2.24) is 14.3 Å². The smallest absolute Gasteiger partial charge is 0.274 e. The van der Waals surface area contributed by atoms with Gasteiger partial charge in [-0.2, -0.15) is 0 Å². The van der Waals surface area contributed by atoms with Crippen molar-refractivity contribution >= 4 is 11.6 Å². The van der Waals surface area contributed by atoms with E-state index in [0.29, 0.717) is 18.8 Å². The topological polar surface area (TPSA) is 57.8 Å². The van der Waals surface area contributed by atoms with Crippen LogP contribution in [0.3, 0.4) is 0 Å². The van der Waals surface area contributed by atoms with Gasteiger partial charge in [0.05, 0.1) is 6.61 Å². The van der Waals surface area contributed by atoms with Gasteiger partial charge in [-0.25, -0.2) is 4.98 Å². The van der Waals surface area contributed by atoms with Crippen molar-refractivity contribution in [3.05, 3.63) is 72.2 Å². The molecule has 3 heterocycles. The molecule has 0 saturated heterocycles. The summed E-state index contributed by atoms with van der Waals surface area (Å²) in [7, 11) is 0. The van der Waals surface area contributed by atoms with Crippen LogP contribution in [0, 0.1) is 0 Å². The monoisotopic (exact) mass is 319 g/mol. The van der Waals surface area contributed by atoms with Crippen LogP contribution in [0.5, 0.6) is 0 Å². The summed E-state index contributed by atoms with van der Waals surface area (Å²) in [5, 5.41) is 9.29. The van der Waals surface area contributed by atoms with Gasteiger partial charge >= 0.3 is 0 Å². The van der Waals surface area contributed by atoms with Crippen LogP contribution in [0.15, 0.2) is 60.9 Å². The Bertz CT molecular complexity index is 935. The number of nitrogens with zero attached hydrogens (tertiary/aromatic N) is 3. The number of aliphatic hydroxyl groups excluding tert-OH is 1. The third-order valence-corrected chi connectivity index (χ3v) is 4.22. The zero-order valence-corrected chi connectivity index (χ0v) is 13.1. The van der Waals surface area contributed by atoms with E-state index in [-0.39, 0.29) is 12.5 Å². The SMILES string of the molecule is O=C(c1cn2cc(-c3cccc(CO)c3)ccc2n1)N1CC=CC1. The summed E-state index contributed by atoms with van der Waals surface area (Å²) in [5.74, 6) is -0.0486. The number of aromatic nitrogens is 2. The fraction of sp³-hybridized carbons (Fsp3) is 0.158. The standard InChI is InChI=1S/C19H17N3O2/c23-13-14-4-3-5-15(10-14)16-6-7-18-20-17(12-22(18)11-16)19(24)21-8-1-2-9-21/h1-7,10-12,23H,8-9,13H2. The van der Waals surface area contributed by atoms with Gasteiger partial charge in [-0.1, -0.05) is 30.4 Å². The molecule has 1 aliphatic rings. The number of fused-ring (bicyclic) bond motifs is 1. The number of amides is 1. The van der Waals surface area contributed by atoms with Gasteiger partial charge in [-0.3, -0.25) is 4.79 Å². The molecule has 5 nitrogen and oxygen atoms in total. The Balaban J connectivity index is 1.69. The predicted octanol–water partition coefficient (Wildman–Crippen LogP) is 2.51. The van der Waals surface area contributed by atoms with E-state index in [2.05, 4.69) is 4.98 Å². The minimum Gasteiger partial charge on any atom is -0.392 e. The second-order valence-electron chi connectivity index (χ2n) is 5.85. The highest BCUT2D eigenvalue weighted by molar-refractivity contribution is 5.93. The minimum absolute atomic E-state index is 0.0175. The van der Waals surface area contributed by atoms with Crippen molar-refractivity contribution in [2.75, 3.05) is 13.1 Å². The second kappa shape index (κ2) is 5.94. The Morgan fingerprint density at radius 2 is 1.92 bits per heavy atom. The van der Waals surface area contributed by atoms with Crippen molar-refractivity contribution in [3.8, 4) is 11.1 Å². The van der Waals surface area contributed by atoms with Crippen LogP contribution in [0.2, 0.25) is 0 Å². The number of carbonyl (C=O) groups is 1. The van der Waals surface area contributed by atoms with Crippen LogP contribution < -0.4 is 0 Å². The number of pyridine rings is 1. The zero-order valence-electron chi connectivity index (χ0n) is 13.1. The lowest BCUT2D eigenvalue weighted by Gasteiger charge is -2.12. The third kappa shape index (κ3) is 2.59. The van der Waals surface area contributed by atoms with Crippen LogP contribution in [0.25, 0.3) is 16.8 Å². The van der Waals surface area contributed by atoms with E-state index in [9.17, 15) is 9.90 Å². The Hall–Kier alpha value is -2.92. The number of benzene rings is 1. The summed E-state index contributed by atoms with van der Waals surface area (Å²) in [6.07, 6.45) is 7.70. The van der Waals surface area contributed by atoms with Gasteiger partial charge in [0, 0.05) is 25.5 Å². The van der Waals surface area contributed by atoms with Gasteiger partial charge in [0.15, 0.2) is 0 Å². The molecule has 1 aliphatic heterocycles. The van der Waals surface area contributed by atoms with E-state index in [1.807, 2.05) is 59.1 Å². The van der Waals surface area contributed by atoms with Crippen molar-refractivity contribution in [1.29, 1.82) is 0 Å². The molecule has 1 N–H and O–H groups in total. The zero-order chi connectivity index (χ0) is 16.5. The van der Waals surface area contributed by atoms with Gasteiger partial charge in [-0.15, -0.1) is 0 Å². The molecule has 1 aromatic carbocycles. The number of imidazole rings is 1. The van der Waals surface area contributed by atoms with Crippen LogP contribution in [0.4, 0.5) is 0 Å². The molecular formula is C19H17N3O2. The molecule has 0 radical (unpaired) electrons. The molecule has 0 saturated carbocycles. The van der Waals surface area contributed by atoms with Crippen molar-refractivity contribution < 1.29 is 9.90 Å². The van der Waals surface area contributed by atoms with E-state index in [1.165, 1.54) is 0 Å². The molecule has 0 unspecified atom stereocenters. The third-order valence-electron chi connectivity index (χ3n) is 4.22. The maximum Gasteiger partial charge on any atom is 0.274 e. The van der Waals surface area contributed by atoms with Crippen LogP contribution in [-0.4, -0.2) is 38.4 Å². The van der Waals surface area contributed by atoms with Crippen LogP contribution >= 0.6 is 0 Å². The molecule has 0 bridgehead atoms. The van der Waals surface area contributed by atoms with E-state index in [4.69, 9.17) is 0 Å². The van der Waals surface area contributed by atoms with E-state index in [1.54, 1.807) is 11.1 Å². The van der Waals surface area contributed by atoms with Gasteiger partial charge in [0.1, 0.15) is 11.3 Å². The Labute approximate surface area is 139 Å². The first-order chi connectivity index (χ1) is 11.7. The fourth-order valence-electron chi connectivity index (χ4n) is 2.92. The highest BCUT2D eigenvalue weighted by Gasteiger charge is 2.19. The first kappa shape index (κ1) is 14.7. The summed E-state index contributed by atoms with van der Waals surface area (Å²) in [5.41, 5.74) is 4.11. The molecule has 4 rings (SSSR count). The Kier molecular flexibility index (Phi) is 3.63. The van der Waals surface area contributed by atoms with Crippen molar-refractivity contribution in [2.24, 2.45) is 0 Å². The fourth-order valence-corrected chi connectivity index (χ4v) is 2.92. The summed E-state index contributed by atoms with van der Waals surface area (Å²) in [6, 6.07) is 11.7. The highest BCUT2D eigenvalue weighted by Crippen LogP contribution is 2.22. The number of rotatable bonds is 3. The molecule has 1 amide bonds. The summed E-state index contributed by atoms with van der Waals surface area (Å²) >= 11 is 0. The van der Waals surface area contributed by atoms with Gasteiger partial charge in [0.25, 0.3) is 5.91 Å². The lowest BCUT2D eigenvalue weighted by atomic mass is 10.1. The van der Waals surface area contributed by atoms with Gasteiger partial charge in [0.2, 0.25) is 0 Å². The number of aliphatic hydroxyl groups is 1. The molecule has 0 spiro atoms. The number of hydrogen-bond acceptors (Lipinski definition) is 3. The molecule has 120 valence electrons. The lowest BCUT2D eigenvalue weighted by Crippen LogP contribution is -2.28. The Morgan fingerprint density at radius 1 is 1.08 bits per heavy atom. The summed E-state index contributed by atoms with van der Waals surface area (Å²) in [6.45, 7) is 1.31. The normalized spacial score (nSPS) is 13.8. The molecular weight excluding hydrogens is 302 g/mol. The maximum absolute atomic E-state index is 12.4. The average molecular weight is 319 g/mol. The summed E-state index contributed by atoms with van der Waals surface area (Å²) in [4.78, 5) is 18.6. The maximum atomic E-state index is 12.4. The minimum atomic E-state index is -0.0486. The number of hydrogen-bond donors (Lipinski definition) is 1. The molecule has 2 aromatic heterocycles. The summed E-state index contributed by atoms with van der Waals surface area (Å²) < 4.78 is 1.87. The van der Waals surface area contributed by atoms with E-state index < -0.39 is 0 Å². The Morgan fingerprint density at radius 3 is 2.71 bits per heavy atom. The molecule has 0 fully saturated rings. The van der Waals surface area contributed by atoms with Crippen molar-refractivity contribution in [3.63, 3.8) is 0 Å². The van der Waals surface area contributed by atoms with Crippen LogP contribution in [0.1, 0.15) is 16.1 Å². The predicted molar refractivity (Wildman–Crippen MR) is 91.6 cm³/mol. The first-order valence-corrected chi connectivity index (χ1v) is 7.88. The highest BCUT2D eigenvalue weighted by atomic mass is 16.3. The first-order valence-electron chi connectivity index (χ1n) is 7.88. The number of carbonyl (C=O) groups excluding carboxylic acids is 1. The molecule has 24 heavy (non-hydrogen) atoms.